The number of rotatable bonds is 9. The summed E-state index contributed by atoms with van der Waals surface area (Å²) in [5.74, 6) is 1.10. The van der Waals surface area contributed by atoms with Gasteiger partial charge >= 0.3 is 0 Å². The molecule has 164 valence electrons. The van der Waals surface area contributed by atoms with Gasteiger partial charge in [0, 0.05) is 11.9 Å². The quantitative estimate of drug-likeness (QED) is 0.307. The van der Waals surface area contributed by atoms with Crippen LogP contribution in [0.15, 0.2) is 71.1 Å². The summed E-state index contributed by atoms with van der Waals surface area (Å²) in [5.41, 5.74) is 1.77. The molecule has 4 rings (SSSR count). The van der Waals surface area contributed by atoms with Crippen LogP contribution >= 0.6 is 23.1 Å². The molecule has 1 heterocycles. The fraction of sp³-hybridized carbons (Fsp3) is 0.208. The molecular formula is C24H24N4O2S2. The Balaban J connectivity index is 1.42. The Bertz CT molecular complexity index is 1210. The van der Waals surface area contributed by atoms with Crippen molar-refractivity contribution >= 4 is 56.3 Å². The Labute approximate surface area is 195 Å². The van der Waals surface area contributed by atoms with E-state index in [1.54, 1.807) is 0 Å². The van der Waals surface area contributed by atoms with Gasteiger partial charge in [0.25, 0.3) is 0 Å². The number of aromatic nitrogens is 2. The van der Waals surface area contributed by atoms with Crippen LogP contribution in [-0.2, 0) is 4.79 Å². The molecule has 4 aromatic rings. The van der Waals surface area contributed by atoms with E-state index in [0.29, 0.717) is 24.0 Å². The van der Waals surface area contributed by atoms with Gasteiger partial charge in [0.1, 0.15) is 5.75 Å². The first-order valence-corrected chi connectivity index (χ1v) is 12.2. The summed E-state index contributed by atoms with van der Waals surface area (Å²) in [6, 6.07) is 21.9. The van der Waals surface area contributed by atoms with Crippen molar-refractivity contribution in [2.75, 3.05) is 29.1 Å². The number of nitrogens with zero attached hydrogens (tertiary/aromatic N) is 3. The average Bonchev–Trinajstić information content (AvgIpc) is 3.27. The maximum Gasteiger partial charge on any atom is 0.237 e. The third kappa shape index (κ3) is 5.03. The highest BCUT2D eigenvalue weighted by atomic mass is 32.2. The second-order valence-electron chi connectivity index (χ2n) is 6.85. The summed E-state index contributed by atoms with van der Waals surface area (Å²) in [6.45, 7) is 5.13. The molecule has 0 atom stereocenters. The number of anilines is 3. The van der Waals surface area contributed by atoms with Crippen molar-refractivity contribution in [3.05, 3.63) is 66.7 Å². The molecule has 0 unspecified atom stereocenters. The van der Waals surface area contributed by atoms with E-state index < -0.39 is 0 Å². The lowest BCUT2D eigenvalue weighted by Crippen LogP contribution is -2.32. The zero-order valence-electron chi connectivity index (χ0n) is 17.9. The Kier molecular flexibility index (Phi) is 7.24. The van der Waals surface area contributed by atoms with Gasteiger partial charge < -0.3 is 15.0 Å². The maximum atomic E-state index is 13.0. The number of benzene rings is 3. The normalized spacial score (nSPS) is 10.8. The molecule has 0 fully saturated rings. The van der Waals surface area contributed by atoms with Crippen molar-refractivity contribution < 1.29 is 9.53 Å². The average molecular weight is 465 g/mol. The topological polar surface area (TPSA) is 67.3 Å². The Morgan fingerprint density at radius 1 is 1.03 bits per heavy atom. The first-order chi connectivity index (χ1) is 15.7. The molecule has 0 radical (unpaired) electrons. The minimum Gasteiger partial charge on any atom is -0.492 e. The highest BCUT2D eigenvalue weighted by Gasteiger charge is 2.18. The molecule has 8 heteroatoms. The first-order valence-electron chi connectivity index (χ1n) is 10.4. The van der Waals surface area contributed by atoms with E-state index in [1.165, 1.54) is 23.1 Å². The molecule has 0 saturated carbocycles. The predicted octanol–water partition coefficient (Wildman–Crippen LogP) is 5.98. The van der Waals surface area contributed by atoms with Gasteiger partial charge in [-0.2, -0.15) is 0 Å². The Morgan fingerprint density at radius 3 is 2.66 bits per heavy atom. The van der Waals surface area contributed by atoms with Crippen molar-refractivity contribution in [3.63, 3.8) is 0 Å². The van der Waals surface area contributed by atoms with Crippen molar-refractivity contribution in [2.24, 2.45) is 0 Å². The number of carbonyl (C=O) groups excluding carboxylic acids is 1. The summed E-state index contributed by atoms with van der Waals surface area (Å²) in [4.78, 5) is 14.9. The highest BCUT2D eigenvalue weighted by molar-refractivity contribution is 8.01. The second-order valence-corrected chi connectivity index (χ2v) is 9.05. The Hall–Kier alpha value is -3.10. The van der Waals surface area contributed by atoms with Crippen molar-refractivity contribution in [1.82, 2.24) is 10.2 Å². The van der Waals surface area contributed by atoms with Crippen LogP contribution in [0.25, 0.3) is 10.8 Å². The van der Waals surface area contributed by atoms with Crippen LogP contribution in [0.4, 0.5) is 16.5 Å². The molecule has 0 aliphatic carbocycles. The molecule has 1 aromatic heterocycles. The van der Waals surface area contributed by atoms with Crippen LogP contribution in [0.2, 0.25) is 0 Å². The van der Waals surface area contributed by atoms with Gasteiger partial charge in [0.2, 0.25) is 11.0 Å². The van der Waals surface area contributed by atoms with E-state index in [1.807, 2.05) is 67.3 Å². The van der Waals surface area contributed by atoms with E-state index in [2.05, 4.69) is 33.7 Å². The molecule has 1 amide bonds. The van der Waals surface area contributed by atoms with E-state index in [9.17, 15) is 4.79 Å². The number of carbonyl (C=O) groups is 1. The van der Waals surface area contributed by atoms with Crippen LogP contribution < -0.4 is 15.0 Å². The molecule has 0 spiro atoms. The van der Waals surface area contributed by atoms with Crippen LogP contribution in [0.5, 0.6) is 5.75 Å². The monoisotopic (exact) mass is 464 g/mol. The molecule has 6 nitrogen and oxygen atoms in total. The van der Waals surface area contributed by atoms with Crippen LogP contribution in [-0.4, -0.2) is 35.0 Å². The molecular weight excluding hydrogens is 440 g/mol. The minimum absolute atomic E-state index is 0.0419. The van der Waals surface area contributed by atoms with Crippen molar-refractivity contribution in [2.45, 2.75) is 18.2 Å². The SMILES string of the molecule is CCOc1ccccc1Nc1nnc(SCC(=O)N(CC)c2cccc3ccccc23)s1. The largest absolute Gasteiger partial charge is 0.492 e. The molecule has 0 aliphatic heterocycles. The molecule has 0 aliphatic rings. The highest BCUT2D eigenvalue weighted by Crippen LogP contribution is 2.32. The summed E-state index contributed by atoms with van der Waals surface area (Å²) in [7, 11) is 0. The van der Waals surface area contributed by atoms with Gasteiger partial charge in [-0.15, -0.1) is 10.2 Å². The first kappa shape index (κ1) is 22.1. The Morgan fingerprint density at radius 2 is 1.81 bits per heavy atom. The van der Waals surface area contributed by atoms with Gasteiger partial charge in [-0.25, -0.2) is 0 Å². The van der Waals surface area contributed by atoms with E-state index in [0.717, 1.165) is 32.2 Å². The number of thioether (sulfide) groups is 1. The van der Waals surface area contributed by atoms with Gasteiger partial charge in [0.05, 0.1) is 23.7 Å². The van der Waals surface area contributed by atoms with Crippen LogP contribution in [0.3, 0.4) is 0 Å². The third-order valence-electron chi connectivity index (χ3n) is 4.83. The molecule has 1 N–H and O–H groups in total. The fourth-order valence-electron chi connectivity index (χ4n) is 3.41. The lowest BCUT2D eigenvalue weighted by atomic mass is 10.1. The molecule has 0 saturated heterocycles. The third-order valence-corrected chi connectivity index (χ3v) is 6.79. The van der Waals surface area contributed by atoms with Gasteiger partial charge in [-0.1, -0.05) is 71.6 Å². The van der Waals surface area contributed by atoms with E-state index >= 15 is 0 Å². The van der Waals surface area contributed by atoms with Gasteiger partial charge in [-0.3, -0.25) is 4.79 Å². The predicted molar refractivity (Wildman–Crippen MR) is 134 cm³/mol. The number of para-hydroxylation sites is 2. The number of ether oxygens (including phenoxy) is 1. The summed E-state index contributed by atoms with van der Waals surface area (Å²) in [5, 5.41) is 14.5. The number of hydrogen-bond donors (Lipinski definition) is 1. The van der Waals surface area contributed by atoms with Crippen LogP contribution in [0.1, 0.15) is 13.8 Å². The van der Waals surface area contributed by atoms with E-state index in [-0.39, 0.29) is 5.91 Å². The molecule has 32 heavy (non-hydrogen) atoms. The smallest absolute Gasteiger partial charge is 0.237 e. The summed E-state index contributed by atoms with van der Waals surface area (Å²) >= 11 is 2.82. The summed E-state index contributed by atoms with van der Waals surface area (Å²) in [6.07, 6.45) is 0. The number of amides is 1. The summed E-state index contributed by atoms with van der Waals surface area (Å²) < 4.78 is 6.38. The zero-order valence-corrected chi connectivity index (χ0v) is 19.6. The van der Waals surface area contributed by atoms with Crippen molar-refractivity contribution in [1.29, 1.82) is 0 Å². The number of fused-ring (bicyclic) bond motifs is 1. The fourth-order valence-corrected chi connectivity index (χ4v) is 5.05. The van der Waals surface area contributed by atoms with Gasteiger partial charge in [0.15, 0.2) is 4.34 Å². The van der Waals surface area contributed by atoms with Gasteiger partial charge in [-0.05, 0) is 37.4 Å². The van der Waals surface area contributed by atoms with Crippen LogP contribution in [0, 0.1) is 0 Å². The standard InChI is InChI=1S/C24H24N4O2S2/c1-3-28(20-14-9-11-17-10-5-6-12-18(17)20)22(29)16-31-24-27-26-23(32-24)25-19-13-7-8-15-21(19)30-4-2/h5-15H,3-4,16H2,1-2H3,(H,25,26). The number of hydrogen-bond acceptors (Lipinski definition) is 7. The van der Waals surface area contributed by atoms with E-state index in [4.69, 9.17) is 4.74 Å². The minimum atomic E-state index is 0.0419. The maximum absolute atomic E-state index is 13.0. The second kappa shape index (κ2) is 10.5. The number of nitrogens with one attached hydrogen (secondary N) is 1. The zero-order chi connectivity index (χ0) is 22.3. The lowest BCUT2D eigenvalue weighted by Gasteiger charge is -2.22. The molecule has 3 aromatic carbocycles. The van der Waals surface area contributed by atoms with Crippen molar-refractivity contribution in [3.8, 4) is 5.75 Å². The lowest BCUT2D eigenvalue weighted by molar-refractivity contribution is -0.116. The molecule has 0 bridgehead atoms.